The molecule has 7 nitrogen and oxygen atoms in total. The van der Waals surface area contributed by atoms with Crippen LogP contribution in [0.15, 0.2) is 59.2 Å². The maximum atomic E-state index is 12.3. The standard InChI is InChI=1S/C19H22N4O3S/c1-3-26-17(24)16-13(2)21-18(25)22-15(16)12-27-19-20-9-10-23(19)11-14-7-5-4-6-8-14/h4-10,13H,3,11-12H2,1-2H3,(H2,21,22,25)/t13-/m1/s1. The summed E-state index contributed by atoms with van der Waals surface area (Å²) in [6, 6.07) is 9.38. The zero-order chi connectivity index (χ0) is 19.2. The number of carbonyl (C=O) groups is 2. The summed E-state index contributed by atoms with van der Waals surface area (Å²) in [6.07, 6.45) is 3.66. The van der Waals surface area contributed by atoms with Gasteiger partial charge in [0.1, 0.15) is 0 Å². The molecule has 1 aliphatic heterocycles. The van der Waals surface area contributed by atoms with Crippen LogP contribution >= 0.6 is 11.8 Å². The molecule has 0 radical (unpaired) electrons. The zero-order valence-electron chi connectivity index (χ0n) is 15.3. The number of aromatic nitrogens is 2. The normalized spacial score (nSPS) is 16.7. The molecule has 0 fully saturated rings. The van der Waals surface area contributed by atoms with E-state index in [-0.39, 0.29) is 12.6 Å². The van der Waals surface area contributed by atoms with Crippen LogP contribution in [-0.2, 0) is 16.1 Å². The van der Waals surface area contributed by atoms with Crippen molar-refractivity contribution in [3.63, 3.8) is 0 Å². The molecule has 1 atom stereocenters. The Morgan fingerprint density at radius 1 is 1.33 bits per heavy atom. The molecular weight excluding hydrogens is 364 g/mol. The van der Waals surface area contributed by atoms with Crippen LogP contribution in [0, 0.1) is 0 Å². The van der Waals surface area contributed by atoms with Crippen molar-refractivity contribution in [1.29, 1.82) is 0 Å². The number of ether oxygens (including phenoxy) is 1. The van der Waals surface area contributed by atoms with Crippen molar-refractivity contribution in [2.75, 3.05) is 12.4 Å². The molecule has 2 N–H and O–H groups in total. The Balaban J connectivity index is 1.76. The third-order valence-electron chi connectivity index (χ3n) is 4.08. The van der Waals surface area contributed by atoms with Gasteiger partial charge in [0.2, 0.25) is 0 Å². The largest absolute Gasteiger partial charge is 0.463 e. The molecule has 0 unspecified atom stereocenters. The molecule has 0 aliphatic carbocycles. The number of benzene rings is 1. The van der Waals surface area contributed by atoms with Crippen LogP contribution in [0.3, 0.4) is 0 Å². The summed E-state index contributed by atoms with van der Waals surface area (Å²) in [5.41, 5.74) is 2.18. The van der Waals surface area contributed by atoms with E-state index in [1.165, 1.54) is 17.3 Å². The average Bonchev–Trinajstić information content (AvgIpc) is 3.07. The Hall–Kier alpha value is -2.74. The molecule has 27 heavy (non-hydrogen) atoms. The van der Waals surface area contributed by atoms with E-state index >= 15 is 0 Å². The lowest BCUT2D eigenvalue weighted by atomic mass is 10.1. The number of nitrogens with one attached hydrogen (secondary N) is 2. The maximum Gasteiger partial charge on any atom is 0.337 e. The number of rotatable bonds is 7. The first kappa shape index (κ1) is 19.0. The molecular formula is C19H22N4O3S. The van der Waals surface area contributed by atoms with Crippen molar-refractivity contribution >= 4 is 23.8 Å². The quantitative estimate of drug-likeness (QED) is 0.564. The number of nitrogens with zero attached hydrogens (tertiary/aromatic N) is 2. The zero-order valence-corrected chi connectivity index (χ0v) is 16.1. The van der Waals surface area contributed by atoms with Crippen molar-refractivity contribution in [3.05, 3.63) is 59.6 Å². The predicted molar refractivity (Wildman–Crippen MR) is 103 cm³/mol. The highest BCUT2D eigenvalue weighted by Gasteiger charge is 2.29. The van der Waals surface area contributed by atoms with E-state index in [9.17, 15) is 9.59 Å². The molecule has 1 aliphatic rings. The fourth-order valence-corrected chi connectivity index (χ4v) is 3.79. The minimum absolute atomic E-state index is 0.283. The second kappa shape index (κ2) is 8.77. The summed E-state index contributed by atoms with van der Waals surface area (Å²) in [7, 11) is 0. The number of hydrogen-bond acceptors (Lipinski definition) is 5. The Bertz CT molecular complexity index is 848. The molecule has 1 aromatic heterocycles. The van der Waals surface area contributed by atoms with Crippen LogP contribution in [0.4, 0.5) is 4.79 Å². The first-order valence-corrected chi connectivity index (χ1v) is 9.72. The van der Waals surface area contributed by atoms with Crippen LogP contribution in [-0.4, -0.2) is 40.0 Å². The van der Waals surface area contributed by atoms with Gasteiger partial charge in [-0.3, -0.25) is 0 Å². The molecule has 3 rings (SSSR count). The Morgan fingerprint density at radius 2 is 2.11 bits per heavy atom. The van der Waals surface area contributed by atoms with Crippen LogP contribution in [0.1, 0.15) is 19.4 Å². The number of urea groups is 1. The van der Waals surface area contributed by atoms with Gasteiger partial charge in [0.05, 0.1) is 18.2 Å². The average molecular weight is 386 g/mol. The predicted octanol–water partition coefficient (Wildman–Crippen LogP) is 2.54. The van der Waals surface area contributed by atoms with E-state index in [0.29, 0.717) is 23.6 Å². The van der Waals surface area contributed by atoms with Gasteiger partial charge in [-0.15, -0.1) is 0 Å². The van der Waals surface area contributed by atoms with Gasteiger partial charge >= 0.3 is 12.0 Å². The molecule has 142 valence electrons. The summed E-state index contributed by atoms with van der Waals surface area (Å²) in [6.45, 7) is 4.51. The number of thioether (sulfide) groups is 1. The van der Waals surface area contributed by atoms with E-state index in [2.05, 4.69) is 27.8 Å². The number of carbonyl (C=O) groups excluding carboxylic acids is 2. The first-order valence-electron chi connectivity index (χ1n) is 8.74. The van der Waals surface area contributed by atoms with Gasteiger partial charge in [-0.05, 0) is 19.4 Å². The van der Waals surface area contributed by atoms with Crippen molar-refractivity contribution < 1.29 is 14.3 Å². The highest BCUT2D eigenvalue weighted by molar-refractivity contribution is 7.99. The topological polar surface area (TPSA) is 85.2 Å². The summed E-state index contributed by atoms with van der Waals surface area (Å²) in [4.78, 5) is 28.5. The molecule has 2 amide bonds. The minimum Gasteiger partial charge on any atom is -0.463 e. The highest BCUT2D eigenvalue weighted by Crippen LogP contribution is 2.23. The van der Waals surface area contributed by atoms with Gasteiger partial charge in [-0.1, -0.05) is 42.1 Å². The summed E-state index contributed by atoms with van der Waals surface area (Å²) in [5, 5.41) is 6.25. The van der Waals surface area contributed by atoms with E-state index in [1.807, 2.05) is 29.0 Å². The van der Waals surface area contributed by atoms with E-state index in [0.717, 1.165) is 5.16 Å². The Labute approximate surface area is 162 Å². The molecule has 8 heteroatoms. The SMILES string of the molecule is CCOC(=O)C1=C(CSc2nccn2Cc2ccccc2)NC(=O)N[C@@H]1C. The lowest BCUT2D eigenvalue weighted by molar-refractivity contribution is -0.138. The van der Waals surface area contributed by atoms with Gasteiger partial charge in [-0.25, -0.2) is 14.6 Å². The minimum atomic E-state index is -0.416. The number of esters is 1. The van der Waals surface area contributed by atoms with Crippen LogP contribution in [0.5, 0.6) is 0 Å². The summed E-state index contributed by atoms with van der Waals surface area (Å²) in [5.74, 6) is -0.00160. The van der Waals surface area contributed by atoms with Crippen molar-refractivity contribution in [2.45, 2.75) is 31.6 Å². The first-order chi connectivity index (χ1) is 13.1. The molecule has 0 bridgehead atoms. The van der Waals surface area contributed by atoms with Gasteiger partial charge < -0.3 is 19.9 Å². The van der Waals surface area contributed by atoms with Crippen molar-refractivity contribution in [1.82, 2.24) is 20.2 Å². The smallest absolute Gasteiger partial charge is 0.337 e. The summed E-state index contributed by atoms with van der Waals surface area (Å²) >= 11 is 1.47. The van der Waals surface area contributed by atoms with Gasteiger partial charge in [0, 0.05) is 30.4 Å². The van der Waals surface area contributed by atoms with Crippen LogP contribution in [0.2, 0.25) is 0 Å². The van der Waals surface area contributed by atoms with E-state index < -0.39 is 12.0 Å². The highest BCUT2D eigenvalue weighted by atomic mass is 32.2. The van der Waals surface area contributed by atoms with Gasteiger partial charge in [-0.2, -0.15) is 0 Å². The molecule has 2 aromatic rings. The Morgan fingerprint density at radius 3 is 2.85 bits per heavy atom. The van der Waals surface area contributed by atoms with Crippen LogP contribution < -0.4 is 10.6 Å². The van der Waals surface area contributed by atoms with E-state index in [4.69, 9.17) is 4.74 Å². The van der Waals surface area contributed by atoms with Gasteiger partial charge in [0.15, 0.2) is 5.16 Å². The fourth-order valence-electron chi connectivity index (χ4n) is 2.87. The monoisotopic (exact) mass is 386 g/mol. The number of imidazole rings is 1. The third-order valence-corrected chi connectivity index (χ3v) is 5.12. The molecule has 0 saturated carbocycles. The number of hydrogen-bond donors (Lipinski definition) is 2. The molecule has 0 saturated heterocycles. The lowest BCUT2D eigenvalue weighted by Crippen LogP contribution is -2.49. The fraction of sp³-hybridized carbons (Fsp3) is 0.316. The number of amides is 2. The van der Waals surface area contributed by atoms with E-state index in [1.54, 1.807) is 20.0 Å². The second-order valence-corrected chi connectivity index (χ2v) is 6.99. The Kier molecular flexibility index (Phi) is 6.18. The maximum absolute atomic E-state index is 12.3. The van der Waals surface area contributed by atoms with Crippen molar-refractivity contribution in [3.8, 4) is 0 Å². The van der Waals surface area contributed by atoms with Crippen LogP contribution in [0.25, 0.3) is 0 Å². The summed E-state index contributed by atoms with van der Waals surface area (Å²) < 4.78 is 7.18. The third kappa shape index (κ3) is 4.71. The molecule has 2 heterocycles. The van der Waals surface area contributed by atoms with Crippen molar-refractivity contribution in [2.24, 2.45) is 0 Å². The molecule has 1 aromatic carbocycles. The van der Waals surface area contributed by atoms with Gasteiger partial charge in [0.25, 0.3) is 0 Å². The molecule has 0 spiro atoms. The second-order valence-electron chi connectivity index (χ2n) is 6.04. The lowest BCUT2D eigenvalue weighted by Gasteiger charge is -2.26.